The summed E-state index contributed by atoms with van der Waals surface area (Å²) in [7, 11) is 0. The Hall–Kier alpha value is -5.20. The predicted molar refractivity (Wildman–Crippen MR) is 216 cm³/mol. The fourth-order valence-electron chi connectivity index (χ4n) is 6.57. The lowest BCUT2D eigenvalue weighted by atomic mass is 9.87. The van der Waals surface area contributed by atoms with Gasteiger partial charge in [-0.25, -0.2) is 0 Å². The second-order valence-electron chi connectivity index (χ2n) is 14.7. The number of amides is 4. The van der Waals surface area contributed by atoms with Crippen LogP contribution in [0.4, 0.5) is 0 Å². The summed E-state index contributed by atoms with van der Waals surface area (Å²) in [6.45, 7) is 10.1. The number of aliphatic hydroxyl groups excluding tert-OH is 1. The summed E-state index contributed by atoms with van der Waals surface area (Å²) in [4.78, 5) is 52.8. The zero-order chi connectivity index (χ0) is 39.0. The number of hydrogen-bond acceptors (Lipinski definition) is 5. The minimum Gasteiger partial charge on any atom is -0.390 e. The predicted octanol–water partition coefficient (Wildman–Crippen LogP) is 5.85. The Balaban J connectivity index is 1.63. The first-order valence-electron chi connectivity index (χ1n) is 19.1. The molecule has 0 aliphatic rings. The molecule has 0 spiro atoms. The Morgan fingerprint density at radius 3 is 1.85 bits per heavy atom. The van der Waals surface area contributed by atoms with Gasteiger partial charge in [0.05, 0.1) is 25.1 Å². The van der Waals surface area contributed by atoms with Gasteiger partial charge in [0.2, 0.25) is 23.6 Å². The molecule has 9 nitrogen and oxygen atoms in total. The first kappa shape index (κ1) is 41.6. The molecule has 0 saturated heterocycles. The fraction of sp³-hybridized carbons (Fsp3) is 0.422. The van der Waals surface area contributed by atoms with Crippen LogP contribution in [0.25, 0.3) is 21.5 Å². The Bertz CT molecular complexity index is 1850. The number of carbonyl (C=O) groups excluding carboxylic acids is 4. The van der Waals surface area contributed by atoms with Crippen molar-refractivity contribution in [1.82, 2.24) is 21.3 Å². The topological polar surface area (TPSA) is 137 Å². The van der Waals surface area contributed by atoms with E-state index >= 15 is 0 Å². The van der Waals surface area contributed by atoms with Gasteiger partial charge in [0.1, 0.15) is 6.04 Å². The van der Waals surface area contributed by atoms with Gasteiger partial charge in [0.15, 0.2) is 0 Å². The van der Waals surface area contributed by atoms with Gasteiger partial charge in [0, 0.05) is 25.8 Å². The Kier molecular flexibility index (Phi) is 16.1. The van der Waals surface area contributed by atoms with Gasteiger partial charge >= 0.3 is 0 Å². The zero-order valence-electron chi connectivity index (χ0n) is 32.3. The van der Waals surface area contributed by atoms with E-state index in [0.29, 0.717) is 31.7 Å². The summed E-state index contributed by atoms with van der Waals surface area (Å²) in [5.41, 5.74) is 2.05. The highest BCUT2D eigenvalue weighted by atomic mass is 16.3. The molecule has 0 fully saturated rings. The molecule has 4 atom stereocenters. The molecule has 1 unspecified atom stereocenters. The molecule has 0 aliphatic heterocycles. The van der Waals surface area contributed by atoms with Crippen molar-refractivity contribution in [3.63, 3.8) is 0 Å². The van der Waals surface area contributed by atoms with Crippen LogP contribution in [0.5, 0.6) is 0 Å². The van der Waals surface area contributed by atoms with Gasteiger partial charge in [-0.3, -0.25) is 19.2 Å². The molecule has 0 bridgehead atoms. The van der Waals surface area contributed by atoms with E-state index in [1.165, 1.54) is 6.92 Å². The lowest BCUT2D eigenvalue weighted by Crippen LogP contribution is -2.54. The van der Waals surface area contributed by atoms with Gasteiger partial charge in [-0.2, -0.15) is 0 Å². The van der Waals surface area contributed by atoms with Crippen molar-refractivity contribution in [2.24, 2.45) is 17.8 Å². The molecule has 4 aromatic rings. The van der Waals surface area contributed by atoms with Crippen LogP contribution in [0.2, 0.25) is 0 Å². The lowest BCUT2D eigenvalue weighted by molar-refractivity contribution is -0.132. The van der Waals surface area contributed by atoms with E-state index in [9.17, 15) is 24.3 Å². The molecule has 0 saturated carbocycles. The molecular formula is C45H56N4O5. The Morgan fingerprint density at radius 1 is 0.722 bits per heavy atom. The number of nitrogens with one attached hydrogen (secondary N) is 4. The van der Waals surface area contributed by atoms with Crippen molar-refractivity contribution in [2.45, 2.75) is 91.3 Å². The van der Waals surface area contributed by atoms with Gasteiger partial charge in [0.25, 0.3) is 0 Å². The molecule has 54 heavy (non-hydrogen) atoms. The van der Waals surface area contributed by atoms with Crippen molar-refractivity contribution < 1.29 is 24.3 Å². The highest BCUT2D eigenvalue weighted by Gasteiger charge is 2.31. The SMILES string of the molecule is CCC(C)CNC(=O)C[C@H](O)[C@H](CC(C)C)NC(=O)[C@H](CC#CCNC(C)=O)NC(=O)C(Cc1cccc2ccccc12)Cc1cccc2ccccc12. The van der Waals surface area contributed by atoms with E-state index in [-0.39, 0.29) is 43.0 Å². The van der Waals surface area contributed by atoms with Crippen molar-refractivity contribution >= 4 is 45.2 Å². The maximum absolute atomic E-state index is 14.5. The highest BCUT2D eigenvalue weighted by Crippen LogP contribution is 2.26. The molecule has 4 rings (SSSR count). The summed E-state index contributed by atoms with van der Waals surface area (Å²) in [5.74, 6) is 4.37. The summed E-state index contributed by atoms with van der Waals surface area (Å²) in [6.07, 6.45) is 0.872. The molecule has 0 radical (unpaired) electrons. The summed E-state index contributed by atoms with van der Waals surface area (Å²) in [6, 6.07) is 26.6. The van der Waals surface area contributed by atoms with Crippen molar-refractivity contribution in [2.75, 3.05) is 13.1 Å². The first-order chi connectivity index (χ1) is 25.9. The van der Waals surface area contributed by atoms with Crippen LogP contribution in [0.1, 0.15) is 71.4 Å². The zero-order valence-corrected chi connectivity index (χ0v) is 32.3. The van der Waals surface area contributed by atoms with Crippen LogP contribution >= 0.6 is 0 Å². The molecule has 0 aliphatic carbocycles. The number of hydrogen-bond donors (Lipinski definition) is 5. The second kappa shape index (κ2) is 20.9. The Labute approximate surface area is 320 Å². The summed E-state index contributed by atoms with van der Waals surface area (Å²) < 4.78 is 0. The van der Waals surface area contributed by atoms with Gasteiger partial charge in [-0.15, -0.1) is 0 Å². The fourth-order valence-corrected chi connectivity index (χ4v) is 6.57. The standard InChI is InChI=1S/C45H56N4O5/c1-6-31(4)29-47-43(52)28-42(51)41(25-30(2)3)49-45(54)40(23-11-12-24-46-32(5)50)48-44(53)37(26-35-19-13-17-33-15-7-9-21-38(33)35)27-36-20-14-18-34-16-8-10-22-39(34)36/h7-10,13-22,30-31,37,40-42,51H,6,23-29H2,1-5H3,(H,46,50)(H,47,52)(H,48,53)(H,49,54)/t31?,40-,41-,42-/m0/s1. The van der Waals surface area contributed by atoms with Crippen LogP contribution in [0.15, 0.2) is 84.9 Å². The van der Waals surface area contributed by atoms with E-state index in [2.05, 4.69) is 76.4 Å². The number of carbonyl (C=O) groups is 4. The Morgan fingerprint density at radius 2 is 1.30 bits per heavy atom. The molecule has 0 aromatic heterocycles. The summed E-state index contributed by atoms with van der Waals surface area (Å²) >= 11 is 0. The summed E-state index contributed by atoms with van der Waals surface area (Å²) in [5, 5.41) is 27.0. The second-order valence-corrected chi connectivity index (χ2v) is 14.7. The quantitative estimate of drug-likeness (QED) is 0.0818. The monoisotopic (exact) mass is 732 g/mol. The molecule has 4 aromatic carbocycles. The van der Waals surface area contributed by atoms with Gasteiger partial charge in [-0.05, 0) is 63.8 Å². The van der Waals surface area contributed by atoms with Crippen LogP contribution in [0, 0.1) is 29.6 Å². The maximum Gasteiger partial charge on any atom is 0.243 e. The number of fused-ring (bicyclic) bond motifs is 2. The highest BCUT2D eigenvalue weighted by molar-refractivity contribution is 5.91. The third-order valence-electron chi connectivity index (χ3n) is 9.81. The number of benzene rings is 4. The average molecular weight is 733 g/mol. The molecule has 286 valence electrons. The van der Waals surface area contributed by atoms with Crippen LogP contribution in [-0.2, 0) is 32.0 Å². The minimum absolute atomic E-state index is 0.0215. The third-order valence-corrected chi connectivity index (χ3v) is 9.81. The third kappa shape index (κ3) is 12.7. The van der Waals surface area contributed by atoms with E-state index in [4.69, 9.17) is 0 Å². The molecule has 9 heteroatoms. The average Bonchev–Trinajstić information content (AvgIpc) is 3.15. The van der Waals surface area contributed by atoms with E-state index in [0.717, 1.165) is 39.1 Å². The van der Waals surface area contributed by atoms with E-state index < -0.39 is 30.0 Å². The van der Waals surface area contributed by atoms with Crippen molar-refractivity contribution in [1.29, 1.82) is 0 Å². The normalized spacial score (nSPS) is 13.4. The van der Waals surface area contributed by atoms with E-state index in [1.807, 2.05) is 69.3 Å². The van der Waals surface area contributed by atoms with Gasteiger partial charge in [-0.1, -0.05) is 131 Å². The van der Waals surface area contributed by atoms with Crippen molar-refractivity contribution in [3.05, 3.63) is 96.1 Å². The lowest BCUT2D eigenvalue weighted by Gasteiger charge is -2.28. The largest absolute Gasteiger partial charge is 0.390 e. The molecule has 5 N–H and O–H groups in total. The van der Waals surface area contributed by atoms with Crippen molar-refractivity contribution in [3.8, 4) is 11.8 Å². The van der Waals surface area contributed by atoms with Crippen LogP contribution in [0.3, 0.4) is 0 Å². The first-order valence-corrected chi connectivity index (χ1v) is 19.1. The molecular weight excluding hydrogens is 677 g/mol. The molecule has 4 amide bonds. The molecule has 0 heterocycles. The van der Waals surface area contributed by atoms with Crippen LogP contribution in [-0.4, -0.2) is 60.0 Å². The number of aliphatic hydroxyl groups is 1. The smallest absolute Gasteiger partial charge is 0.243 e. The van der Waals surface area contributed by atoms with E-state index in [1.54, 1.807) is 0 Å². The minimum atomic E-state index is -1.14. The maximum atomic E-state index is 14.5. The van der Waals surface area contributed by atoms with Crippen LogP contribution < -0.4 is 21.3 Å². The number of rotatable bonds is 18. The van der Waals surface area contributed by atoms with Gasteiger partial charge < -0.3 is 26.4 Å².